The van der Waals surface area contributed by atoms with E-state index in [2.05, 4.69) is 65.7 Å². The number of piperazine rings is 1. The average molecular weight is 376 g/mol. The Bertz CT molecular complexity index is 692. The molecular weight excluding hydrogens is 342 g/mol. The minimum atomic E-state index is 0.145. The van der Waals surface area contributed by atoms with Gasteiger partial charge in [-0.25, -0.2) is 4.68 Å². The zero-order valence-corrected chi connectivity index (χ0v) is 17.0. The molecule has 0 amide bonds. The summed E-state index contributed by atoms with van der Waals surface area (Å²) in [4.78, 5) is 5.34. The van der Waals surface area contributed by atoms with Crippen LogP contribution in [0.25, 0.3) is 0 Å². The first-order valence-electron chi connectivity index (χ1n) is 9.84. The summed E-state index contributed by atoms with van der Waals surface area (Å²) < 4.78 is 7.14. The van der Waals surface area contributed by atoms with Crippen LogP contribution in [0, 0.1) is 0 Å². The van der Waals surface area contributed by atoms with Gasteiger partial charge in [0, 0.05) is 32.5 Å². The molecule has 1 aliphatic heterocycles. The van der Waals surface area contributed by atoms with Crippen molar-refractivity contribution in [2.75, 3.05) is 65.4 Å². The van der Waals surface area contributed by atoms with Gasteiger partial charge in [0.1, 0.15) is 26.2 Å². The number of likely N-dealkylation sites (N-methyl/N-ethyl adjacent to an activating group) is 1. The first-order chi connectivity index (χ1) is 13.1. The number of hydrogen-bond donors (Lipinski definition) is 2. The van der Waals surface area contributed by atoms with Crippen LogP contribution in [0.1, 0.15) is 24.4 Å². The third-order valence-electron chi connectivity index (χ3n) is 5.58. The van der Waals surface area contributed by atoms with Crippen LogP contribution < -0.4 is 14.7 Å². The minimum Gasteiger partial charge on any atom is -0.383 e. The fraction of sp³-hybridized carbons (Fsp3) is 0.632. The maximum absolute atomic E-state index is 5.24. The van der Waals surface area contributed by atoms with Crippen LogP contribution in [0.3, 0.4) is 0 Å². The van der Waals surface area contributed by atoms with Gasteiger partial charge in [-0.1, -0.05) is 12.1 Å². The number of benzene rings is 1. The highest BCUT2D eigenvalue weighted by molar-refractivity contribution is 5.46. The maximum atomic E-state index is 5.24. The second-order valence-corrected chi connectivity index (χ2v) is 7.43. The van der Waals surface area contributed by atoms with Crippen molar-refractivity contribution >= 4 is 5.69 Å². The predicted octanol–water partition coefficient (Wildman–Crippen LogP) is -1.72. The molecule has 0 radical (unpaired) electrons. The third-order valence-corrected chi connectivity index (χ3v) is 5.58. The highest BCUT2D eigenvalue weighted by atomic mass is 16.5. The summed E-state index contributed by atoms with van der Waals surface area (Å²) in [6, 6.07) is 8.95. The maximum Gasteiger partial charge on any atom is 0.214 e. The van der Waals surface area contributed by atoms with Gasteiger partial charge in [0.15, 0.2) is 6.04 Å². The Morgan fingerprint density at radius 2 is 1.85 bits per heavy atom. The number of nitrogens with zero attached hydrogens (tertiary/aromatic N) is 5. The molecule has 8 heteroatoms. The number of tetrazole rings is 1. The van der Waals surface area contributed by atoms with Crippen LogP contribution >= 0.6 is 0 Å². The smallest absolute Gasteiger partial charge is 0.214 e. The second kappa shape index (κ2) is 9.25. The van der Waals surface area contributed by atoms with E-state index >= 15 is 0 Å². The van der Waals surface area contributed by atoms with Crippen molar-refractivity contribution < 1.29 is 14.5 Å². The van der Waals surface area contributed by atoms with Gasteiger partial charge < -0.3 is 19.4 Å². The van der Waals surface area contributed by atoms with Gasteiger partial charge in [-0.2, -0.15) is 0 Å². The van der Waals surface area contributed by atoms with E-state index in [1.807, 2.05) is 4.68 Å². The molecule has 1 atom stereocenters. The molecule has 1 fully saturated rings. The van der Waals surface area contributed by atoms with Crippen molar-refractivity contribution in [3.63, 3.8) is 0 Å². The Hall–Kier alpha value is -2.03. The van der Waals surface area contributed by atoms with Crippen LogP contribution in [-0.2, 0) is 11.3 Å². The molecule has 0 bridgehead atoms. The molecule has 2 heterocycles. The van der Waals surface area contributed by atoms with Crippen LogP contribution in [0.2, 0.25) is 0 Å². The molecule has 1 saturated heterocycles. The third kappa shape index (κ3) is 4.63. The van der Waals surface area contributed by atoms with Gasteiger partial charge in [0.2, 0.25) is 5.82 Å². The zero-order chi connectivity index (χ0) is 19.2. The fourth-order valence-electron chi connectivity index (χ4n) is 3.85. The number of anilines is 1. The predicted molar refractivity (Wildman–Crippen MR) is 104 cm³/mol. The van der Waals surface area contributed by atoms with E-state index in [-0.39, 0.29) is 6.04 Å². The van der Waals surface area contributed by atoms with Crippen LogP contribution in [-0.4, -0.2) is 80.7 Å². The Morgan fingerprint density at radius 1 is 1.15 bits per heavy atom. The Morgan fingerprint density at radius 3 is 2.44 bits per heavy atom. The van der Waals surface area contributed by atoms with Crippen molar-refractivity contribution in [3.05, 3.63) is 35.7 Å². The quantitative estimate of drug-likeness (QED) is 0.575. The van der Waals surface area contributed by atoms with Gasteiger partial charge in [-0.05, 0) is 29.5 Å². The summed E-state index contributed by atoms with van der Waals surface area (Å²) in [6.45, 7) is 9.37. The summed E-state index contributed by atoms with van der Waals surface area (Å²) in [5, 5.41) is 12.6. The summed E-state index contributed by atoms with van der Waals surface area (Å²) in [6.07, 6.45) is 0. The monoisotopic (exact) mass is 375 g/mol. The second-order valence-electron chi connectivity index (χ2n) is 7.43. The number of quaternary nitrogens is 2. The van der Waals surface area contributed by atoms with Gasteiger partial charge >= 0.3 is 0 Å². The molecule has 2 aromatic rings. The summed E-state index contributed by atoms with van der Waals surface area (Å²) in [7, 11) is 5.84. The number of rotatable bonds is 8. The SMILES string of the molecule is CC[NH+]1CC[NH+]([C@H](c2ccc(N(C)C)cc2)c2nnnn2CCOC)CC1. The lowest BCUT2D eigenvalue weighted by Gasteiger charge is -2.34. The lowest BCUT2D eigenvalue weighted by Crippen LogP contribution is -3.28. The molecule has 0 unspecified atom stereocenters. The summed E-state index contributed by atoms with van der Waals surface area (Å²) >= 11 is 0. The van der Waals surface area contributed by atoms with E-state index in [0.717, 1.165) is 18.9 Å². The normalized spacial score (nSPS) is 21.2. The number of nitrogens with one attached hydrogen (secondary N) is 2. The molecule has 0 aliphatic carbocycles. The fourth-order valence-corrected chi connectivity index (χ4v) is 3.85. The zero-order valence-electron chi connectivity index (χ0n) is 17.0. The topological polar surface area (TPSA) is 65.0 Å². The van der Waals surface area contributed by atoms with Crippen LogP contribution in [0.15, 0.2) is 24.3 Å². The van der Waals surface area contributed by atoms with Crippen LogP contribution in [0.5, 0.6) is 0 Å². The number of hydrogen-bond acceptors (Lipinski definition) is 5. The molecule has 1 aliphatic rings. The molecule has 8 nitrogen and oxygen atoms in total. The van der Waals surface area contributed by atoms with Gasteiger partial charge in [-0.3, -0.25) is 0 Å². The Labute approximate surface area is 161 Å². The molecule has 1 aromatic carbocycles. The largest absolute Gasteiger partial charge is 0.383 e. The highest BCUT2D eigenvalue weighted by Gasteiger charge is 2.35. The molecule has 0 spiro atoms. The van der Waals surface area contributed by atoms with E-state index in [0.29, 0.717) is 13.2 Å². The lowest BCUT2D eigenvalue weighted by atomic mass is 10.0. The number of aromatic nitrogens is 4. The van der Waals surface area contributed by atoms with E-state index < -0.39 is 0 Å². The van der Waals surface area contributed by atoms with Crippen molar-refractivity contribution in [2.24, 2.45) is 0 Å². The van der Waals surface area contributed by atoms with Crippen molar-refractivity contribution in [3.8, 4) is 0 Å². The average Bonchev–Trinajstić information content (AvgIpc) is 3.15. The molecule has 3 rings (SSSR count). The van der Waals surface area contributed by atoms with Crippen molar-refractivity contribution in [1.82, 2.24) is 20.2 Å². The first kappa shape index (κ1) is 19.7. The van der Waals surface area contributed by atoms with Gasteiger partial charge in [0.25, 0.3) is 0 Å². The lowest BCUT2D eigenvalue weighted by molar-refractivity contribution is -1.02. The standard InChI is InChI=1S/C19H31N7O/c1-5-24-10-12-25(13-11-24)18(16-6-8-17(9-7-16)23(2)3)19-20-21-22-26(19)14-15-27-4/h6-9,18H,5,10-15H2,1-4H3/p+2/t18-/m1/s1. The summed E-state index contributed by atoms with van der Waals surface area (Å²) in [5.41, 5.74) is 2.47. The molecule has 27 heavy (non-hydrogen) atoms. The van der Waals surface area contributed by atoms with E-state index in [1.165, 1.54) is 30.9 Å². The minimum absolute atomic E-state index is 0.145. The molecule has 1 aromatic heterocycles. The molecule has 2 N–H and O–H groups in total. The van der Waals surface area contributed by atoms with E-state index in [4.69, 9.17) is 4.74 Å². The summed E-state index contributed by atoms with van der Waals surface area (Å²) in [5.74, 6) is 0.930. The molecular formula is C19H33N7O+2. The Kier molecular flexibility index (Phi) is 6.76. The van der Waals surface area contributed by atoms with Crippen LogP contribution in [0.4, 0.5) is 5.69 Å². The first-order valence-corrected chi connectivity index (χ1v) is 9.84. The highest BCUT2D eigenvalue weighted by Crippen LogP contribution is 2.20. The number of methoxy groups -OCH3 is 1. The van der Waals surface area contributed by atoms with E-state index in [1.54, 1.807) is 16.9 Å². The molecule has 148 valence electrons. The number of ether oxygens (including phenoxy) is 1. The van der Waals surface area contributed by atoms with E-state index in [9.17, 15) is 0 Å². The van der Waals surface area contributed by atoms with Crippen molar-refractivity contribution in [1.29, 1.82) is 0 Å². The van der Waals surface area contributed by atoms with Crippen molar-refractivity contribution in [2.45, 2.75) is 19.5 Å². The molecule has 0 saturated carbocycles. The Balaban J connectivity index is 1.91. The van der Waals surface area contributed by atoms with Gasteiger partial charge in [-0.15, -0.1) is 5.10 Å². The van der Waals surface area contributed by atoms with Gasteiger partial charge in [0.05, 0.1) is 19.7 Å².